The van der Waals surface area contributed by atoms with Gasteiger partial charge in [0.05, 0.1) is 12.0 Å². The number of ether oxygens (including phenoxy) is 1. The van der Waals surface area contributed by atoms with Crippen molar-refractivity contribution >= 4 is 39.8 Å². The zero-order valence-corrected chi connectivity index (χ0v) is 11.1. The second-order valence-electron chi connectivity index (χ2n) is 3.53. The van der Waals surface area contributed by atoms with Crippen LogP contribution in [0.3, 0.4) is 0 Å². The Kier molecular flexibility index (Phi) is 3.49. The highest BCUT2D eigenvalue weighted by molar-refractivity contribution is 8.26. The first kappa shape index (κ1) is 12.1. The third kappa shape index (κ3) is 2.50. The number of carbonyl (C=O) groups is 1. The summed E-state index contributed by atoms with van der Waals surface area (Å²) in [7, 11) is 1.62. The Hall–Kier alpha value is -1.33. The summed E-state index contributed by atoms with van der Waals surface area (Å²) < 4.78 is 5.67. The molecule has 1 aliphatic rings. The van der Waals surface area contributed by atoms with Crippen LogP contribution in [-0.4, -0.2) is 17.3 Å². The third-order valence-electron chi connectivity index (χ3n) is 2.46. The number of amides is 1. The van der Waals surface area contributed by atoms with Crippen LogP contribution >= 0.6 is 24.0 Å². The number of thiocarbonyl (C=S) groups is 1. The van der Waals surface area contributed by atoms with Crippen molar-refractivity contribution in [1.82, 2.24) is 5.32 Å². The van der Waals surface area contributed by atoms with Gasteiger partial charge in [-0.3, -0.25) is 4.79 Å². The van der Waals surface area contributed by atoms with Gasteiger partial charge >= 0.3 is 0 Å². The summed E-state index contributed by atoms with van der Waals surface area (Å²) in [6.45, 7) is 1.91. The summed E-state index contributed by atoms with van der Waals surface area (Å²) in [4.78, 5) is 12.3. The average Bonchev–Trinajstić information content (AvgIpc) is 2.67. The van der Waals surface area contributed by atoms with Gasteiger partial charge in [0.15, 0.2) is 0 Å². The van der Waals surface area contributed by atoms with Gasteiger partial charge in [0.2, 0.25) is 0 Å². The first-order valence-corrected chi connectivity index (χ1v) is 6.22. The van der Waals surface area contributed by atoms with Gasteiger partial charge < -0.3 is 10.1 Å². The molecule has 0 aromatic heterocycles. The molecule has 2 rings (SSSR count). The second-order valence-corrected chi connectivity index (χ2v) is 5.22. The van der Waals surface area contributed by atoms with Crippen molar-refractivity contribution in [2.24, 2.45) is 0 Å². The van der Waals surface area contributed by atoms with Crippen LogP contribution in [-0.2, 0) is 4.79 Å². The Balaban J connectivity index is 2.42. The zero-order chi connectivity index (χ0) is 12.4. The molecule has 0 unspecified atom stereocenters. The summed E-state index contributed by atoms with van der Waals surface area (Å²) in [6.07, 6.45) is 0. The van der Waals surface area contributed by atoms with E-state index in [4.69, 9.17) is 17.0 Å². The summed E-state index contributed by atoms with van der Waals surface area (Å²) >= 11 is 6.26. The van der Waals surface area contributed by atoms with E-state index in [0.717, 1.165) is 16.9 Å². The number of thioether (sulfide) groups is 1. The smallest absolute Gasteiger partial charge is 0.263 e. The van der Waals surface area contributed by atoms with E-state index in [2.05, 4.69) is 5.32 Å². The average molecular weight is 265 g/mol. The lowest BCUT2D eigenvalue weighted by molar-refractivity contribution is -0.115. The van der Waals surface area contributed by atoms with Crippen LogP contribution in [0.25, 0.3) is 5.57 Å². The molecule has 1 amide bonds. The fraction of sp³-hybridized carbons (Fsp3) is 0.167. The van der Waals surface area contributed by atoms with Crippen molar-refractivity contribution < 1.29 is 9.53 Å². The predicted octanol–water partition coefficient (Wildman–Crippen LogP) is 2.57. The molecular formula is C12H11NO2S2. The summed E-state index contributed by atoms with van der Waals surface area (Å²) in [5, 5.41) is 2.61. The quantitative estimate of drug-likeness (QED) is 0.659. The molecule has 1 heterocycles. The molecule has 0 aliphatic carbocycles. The number of hydrogen-bond donors (Lipinski definition) is 1. The monoisotopic (exact) mass is 265 g/mol. The maximum absolute atomic E-state index is 11.6. The van der Waals surface area contributed by atoms with Crippen molar-refractivity contribution in [3.05, 3.63) is 34.7 Å². The van der Waals surface area contributed by atoms with E-state index in [0.29, 0.717) is 9.23 Å². The molecule has 1 fully saturated rings. The van der Waals surface area contributed by atoms with Crippen molar-refractivity contribution in [2.75, 3.05) is 7.11 Å². The molecule has 0 radical (unpaired) electrons. The first-order chi connectivity index (χ1) is 8.11. The van der Waals surface area contributed by atoms with E-state index in [9.17, 15) is 4.79 Å². The van der Waals surface area contributed by atoms with Gasteiger partial charge in [0.25, 0.3) is 5.91 Å². The van der Waals surface area contributed by atoms with Crippen LogP contribution in [0.2, 0.25) is 0 Å². The molecule has 3 nitrogen and oxygen atoms in total. The number of nitrogens with one attached hydrogen (secondary N) is 1. The zero-order valence-electron chi connectivity index (χ0n) is 9.44. The third-order valence-corrected chi connectivity index (χ3v) is 3.80. The lowest BCUT2D eigenvalue weighted by atomic mass is 10.1. The highest BCUT2D eigenvalue weighted by Crippen LogP contribution is 2.32. The summed E-state index contributed by atoms with van der Waals surface area (Å²) in [5.74, 6) is 0.647. The Morgan fingerprint density at radius 3 is 2.82 bits per heavy atom. The summed E-state index contributed by atoms with van der Waals surface area (Å²) in [5.41, 5.74) is 1.87. The molecule has 1 aliphatic heterocycles. The maximum atomic E-state index is 11.6. The van der Waals surface area contributed by atoms with Gasteiger partial charge in [-0.25, -0.2) is 0 Å². The number of benzene rings is 1. The van der Waals surface area contributed by atoms with Crippen molar-refractivity contribution in [3.8, 4) is 5.75 Å². The van der Waals surface area contributed by atoms with Gasteiger partial charge in [-0.2, -0.15) is 0 Å². The number of methoxy groups -OCH3 is 1. The molecule has 5 heteroatoms. The molecular weight excluding hydrogens is 254 g/mol. The van der Waals surface area contributed by atoms with Gasteiger partial charge in [0.1, 0.15) is 10.1 Å². The van der Waals surface area contributed by atoms with Crippen LogP contribution in [0.1, 0.15) is 12.5 Å². The van der Waals surface area contributed by atoms with Gasteiger partial charge in [0, 0.05) is 0 Å². The minimum Gasteiger partial charge on any atom is -0.497 e. The molecule has 0 spiro atoms. The van der Waals surface area contributed by atoms with Crippen LogP contribution < -0.4 is 10.1 Å². The van der Waals surface area contributed by atoms with Crippen LogP contribution in [0.5, 0.6) is 5.75 Å². The van der Waals surface area contributed by atoms with Crippen molar-refractivity contribution in [2.45, 2.75) is 6.92 Å². The molecule has 0 atom stereocenters. The minimum absolute atomic E-state index is 0.125. The van der Waals surface area contributed by atoms with E-state index in [1.54, 1.807) is 7.11 Å². The lowest BCUT2D eigenvalue weighted by Crippen LogP contribution is -2.18. The van der Waals surface area contributed by atoms with Crippen LogP contribution in [0, 0.1) is 0 Å². The highest BCUT2D eigenvalue weighted by Gasteiger charge is 2.24. The predicted molar refractivity (Wildman–Crippen MR) is 73.9 cm³/mol. The van der Waals surface area contributed by atoms with E-state index in [-0.39, 0.29) is 5.91 Å². The summed E-state index contributed by atoms with van der Waals surface area (Å²) in [6, 6.07) is 7.61. The normalized spacial score (nSPS) is 18.0. The largest absolute Gasteiger partial charge is 0.497 e. The molecule has 88 valence electrons. The van der Waals surface area contributed by atoms with Gasteiger partial charge in [-0.15, -0.1) is 0 Å². The standard InChI is InChI=1S/C12H11NO2S2/c1-7(10-11(14)13-12(16)17-10)8-4-3-5-9(6-8)15-2/h3-6H,1-2H3,(H,13,14,16)/b10-7-. The number of hydrogen-bond acceptors (Lipinski definition) is 4. The molecule has 0 bridgehead atoms. The number of allylic oxidation sites excluding steroid dienone is 1. The van der Waals surface area contributed by atoms with E-state index < -0.39 is 0 Å². The Bertz CT molecular complexity index is 523. The Labute approximate surface area is 109 Å². The molecule has 0 saturated carbocycles. The Morgan fingerprint density at radius 1 is 1.47 bits per heavy atom. The Morgan fingerprint density at radius 2 is 2.24 bits per heavy atom. The number of rotatable bonds is 2. The fourth-order valence-electron chi connectivity index (χ4n) is 1.55. The van der Waals surface area contributed by atoms with Crippen LogP contribution in [0.15, 0.2) is 29.2 Å². The van der Waals surface area contributed by atoms with Crippen molar-refractivity contribution in [3.63, 3.8) is 0 Å². The fourth-order valence-corrected chi connectivity index (χ4v) is 2.63. The molecule has 1 aromatic carbocycles. The highest BCUT2D eigenvalue weighted by atomic mass is 32.2. The topological polar surface area (TPSA) is 38.3 Å². The molecule has 1 saturated heterocycles. The van der Waals surface area contributed by atoms with Crippen LogP contribution in [0.4, 0.5) is 0 Å². The molecule has 1 aromatic rings. The van der Waals surface area contributed by atoms with E-state index in [1.165, 1.54) is 11.8 Å². The molecule has 17 heavy (non-hydrogen) atoms. The van der Waals surface area contributed by atoms with E-state index in [1.807, 2.05) is 31.2 Å². The first-order valence-electron chi connectivity index (χ1n) is 5.00. The lowest BCUT2D eigenvalue weighted by Gasteiger charge is -2.06. The number of carbonyl (C=O) groups excluding carboxylic acids is 1. The van der Waals surface area contributed by atoms with Gasteiger partial charge in [-0.1, -0.05) is 36.1 Å². The second kappa shape index (κ2) is 4.89. The van der Waals surface area contributed by atoms with Gasteiger partial charge in [-0.05, 0) is 30.2 Å². The van der Waals surface area contributed by atoms with Crippen molar-refractivity contribution in [1.29, 1.82) is 0 Å². The minimum atomic E-state index is -0.125. The SMILES string of the molecule is COc1cccc(/C(C)=C2\SC(=S)NC2=O)c1. The van der Waals surface area contributed by atoms with E-state index >= 15 is 0 Å². The maximum Gasteiger partial charge on any atom is 0.263 e. The molecule has 1 N–H and O–H groups in total.